The van der Waals surface area contributed by atoms with E-state index in [4.69, 9.17) is 11.6 Å². The van der Waals surface area contributed by atoms with E-state index in [1.165, 1.54) is 12.3 Å². The molecule has 0 aliphatic rings. The number of halogens is 2. The standard InChI is InChI=1S/C10H14BrClN2O4S/c1-2-10(5-15,6-16)14-19(17,18)8-3-7(11)4-13-9(8)12/h3-4,14-16H,2,5-6H2,1H3. The first kappa shape index (κ1) is 16.8. The number of aliphatic hydroxyl groups excluding tert-OH is 2. The molecule has 0 aliphatic carbocycles. The molecular weight excluding hydrogens is 360 g/mol. The van der Waals surface area contributed by atoms with E-state index in [2.05, 4.69) is 25.6 Å². The molecule has 9 heteroatoms. The Morgan fingerprint density at radius 1 is 1.47 bits per heavy atom. The van der Waals surface area contributed by atoms with Crippen molar-refractivity contribution in [1.82, 2.24) is 9.71 Å². The van der Waals surface area contributed by atoms with Crippen LogP contribution in [-0.4, -0.2) is 42.4 Å². The van der Waals surface area contributed by atoms with Crippen LogP contribution in [0.2, 0.25) is 5.15 Å². The average molecular weight is 374 g/mol. The Bertz CT molecular complexity index is 540. The fourth-order valence-corrected chi connectivity index (χ4v) is 3.74. The number of rotatable bonds is 6. The van der Waals surface area contributed by atoms with Gasteiger partial charge in [-0.25, -0.2) is 18.1 Å². The summed E-state index contributed by atoms with van der Waals surface area (Å²) in [5.74, 6) is 0. The molecular formula is C10H14BrClN2O4S. The summed E-state index contributed by atoms with van der Waals surface area (Å²) in [7, 11) is -4.00. The van der Waals surface area contributed by atoms with Crippen molar-refractivity contribution in [2.24, 2.45) is 0 Å². The van der Waals surface area contributed by atoms with E-state index in [1.54, 1.807) is 6.92 Å². The molecule has 19 heavy (non-hydrogen) atoms. The highest BCUT2D eigenvalue weighted by Gasteiger charge is 2.33. The van der Waals surface area contributed by atoms with Gasteiger partial charge in [-0.05, 0) is 28.4 Å². The van der Waals surface area contributed by atoms with Gasteiger partial charge < -0.3 is 10.2 Å². The van der Waals surface area contributed by atoms with Crippen molar-refractivity contribution in [1.29, 1.82) is 0 Å². The van der Waals surface area contributed by atoms with E-state index >= 15 is 0 Å². The first-order valence-electron chi connectivity index (χ1n) is 5.37. The van der Waals surface area contributed by atoms with E-state index in [0.717, 1.165) is 0 Å². The van der Waals surface area contributed by atoms with Crippen LogP contribution in [-0.2, 0) is 10.0 Å². The highest BCUT2D eigenvalue weighted by Crippen LogP contribution is 2.24. The zero-order valence-electron chi connectivity index (χ0n) is 10.1. The minimum Gasteiger partial charge on any atom is -0.394 e. The molecule has 1 rings (SSSR count). The molecule has 6 nitrogen and oxygen atoms in total. The second-order valence-electron chi connectivity index (χ2n) is 4.00. The van der Waals surface area contributed by atoms with Crippen LogP contribution in [0.3, 0.4) is 0 Å². The van der Waals surface area contributed by atoms with Crippen molar-refractivity contribution in [2.75, 3.05) is 13.2 Å². The number of aromatic nitrogens is 1. The normalized spacial score (nSPS) is 12.7. The Kier molecular flexibility index (Phi) is 5.72. The second-order valence-corrected chi connectivity index (χ2v) is 6.92. The molecule has 0 unspecified atom stereocenters. The average Bonchev–Trinajstić information content (AvgIpc) is 2.39. The lowest BCUT2D eigenvalue weighted by Gasteiger charge is -2.29. The van der Waals surface area contributed by atoms with Gasteiger partial charge in [-0.1, -0.05) is 18.5 Å². The Morgan fingerprint density at radius 3 is 2.53 bits per heavy atom. The molecule has 0 bridgehead atoms. The molecule has 0 spiro atoms. The fraction of sp³-hybridized carbons (Fsp3) is 0.500. The predicted octanol–water partition coefficient (Wildman–Crippen LogP) is 0.909. The lowest BCUT2D eigenvalue weighted by Crippen LogP contribution is -2.53. The topological polar surface area (TPSA) is 99.5 Å². The lowest BCUT2D eigenvalue weighted by atomic mass is 10.0. The third kappa shape index (κ3) is 3.87. The van der Waals surface area contributed by atoms with Crippen LogP contribution < -0.4 is 4.72 Å². The van der Waals surface area contributed by atoms with E-state index in [0.29, 0.717) is 4.47 Å². The molecule has 0 fully saturated rings. The summed E-state index contributed by atoms with van der Waals surface area (Å²) < 4.78 is 27.2. The van der Waals surface area contributed by atoms with Crippen molar-refractivity contribution in [3.63, 3.8) is 0 Å². The number of nitrogens with zero attached hydrogens (tertiary/aromatic N) is 1. The lowest BCUT2D eigenvalue weighted by molar-refractivity contribution is 0.105. The van der Waals surface area contributed by atoms with Crippen LogP contribution in [0.5, 0.6) is 0 Å². The zero-order chi connectivity index (χ0) is 14.7. The first-order chi connectivity index (χ1) is 8.80. The van der Waals surface area contributed by atoms with Gasteiger partial charge in [0.15, 0.2) is 0 Å². The molecule has 0 saturated carbocycles. The molecule has 0 saturated heterocycles. The van der Waals surface area contributed by atoms with Crippen molar-refractivity contribution >= 4 is 37.6 Å². The Morgan fingerprint density at radius 2 is 2.05 bits per heavy atom. The first-order valence-corrected chi connectivity index (χ1v) is 8.02. The van der Waals surface area contributed by atoms with Gasteiger partial charge in [0.2, 0.25) is 10.0 Å². The number of aliphatic hydroxyl groups is 2. The van der Waals surface area contributed by atoms with Gasteiger partial charge in [0.05, 0.1) is 18.8 Å². The second kappa shape index (κ2) is 6.47. The van der Waals surface area contributed by atoms with E-state index in [-0.39, 0.29) is 16.5 Å². The molecule has 3 N–H and O–H groups in total. The fourth-order valence-electron chi connectivity index (χ4n) is 1.34. The zero-order valence-corrected chi connectivity index (χ0v) is 13.3. The molecule has 0 radical (unpaired) electrons. The quantitative estimate of drug-likeness (QED) is 0.644. The smallest absolute Gasteiger partial charge is 0.244 e. The SMILES string of the molecule is CCC(CO)(CO)NS(=O)(=O)c1cc(Br)cnc1Cl. The summed E-state index contributed by atoms with van der Waals surface area (Å²) >= 11 is 8.87. The maximum Gasteiger partial charge on any atom is 0.244 e. The van der Waals surface area contributed by atoms with Crippen LogP contribution >= 0.6 is 27.5 Å². The number of nitrogens with one attached hydrogen (secondary N) is 1. The van der Waals surface area contributed by atoms with Crippen LogP contribution in [0.25, 0.3) is 0 Å². The summed E-state index contributed by atoms with van der Waals surface area (Å²) in [4.78, 5) is 3.51. The van der Waals surface area contributed by atoms with Gasteiger partial charge in [-0.15, -0.1) is 0 Å². The molecule has 1 heterocycles. The number of pyridine rings is 1. The minimum absolute atomic E-state index is 0.184. The molecule has 0 atom stereocenters. The summed E-state index contributed by atoms with van der Waals surface area (Å²) in [6, 6.07) is 1.30. The highest BCUT2D eigenvalue weighted by molar-refractivity contribution is 9.10. The van der Waals surface area contributed by atoms with Gasteiger partial charge in [-0.2, -0.15) is 0 Å². The predicted molar refractivity (Wildman–Crippen MR) is 74.5 cm³/mol. The number of hydrogen-bond donors (Lipinski definition) is 3. The van der Waals surface area contributed by atoms with Gasteiger partial charge in [-0.3, -0.25) is 0 Å². The maximum atomic E-state index is 12.2. The van der Waals surface area contributed by atoms with E-state index < -0.39 is 28.8 Å². The number of hydrogen-bond acceptors (Lipinski definition) is 5. The largest absolute Gasteiger partial charge is 0.394 e. The van der Waals surface area contributed by atoms with Crippen LogP contribution in [0, 0.1) is 0 Å². The van der Waals surface area contributed by atoms with Crippen LogP contribution in [0.15, 0.2) is 21.6 Å². The molecule has 0 aliphatic heterocycles. The maximum absolute atomic E-state index is 12.2. The van der Waals surface area contributed by atoms with Crippen LogP contribution in [0.4, 0.5) is 0 Å². The van der Waals surface area contributed by atoms with Crippen LogP contribution in [0.1, 0.15) is 13.3 Å². The van der Waals surface area contributed by atoms with Crippen molar-refractivity contribution in [3.8, 4) is 0 Å². The summed E-state index contributed by atoms with van der Waals surface area (Å²) in [5.41, 5.74) is -1.33. The Balaban J connectivity index is 3.21. The van der Waals surface area contributed by atoms with Gasteiger partial charge in [0, 0.05) is 10.7 Å². The summed E-state index contributed by atoms with van der Waals surface area (Å²) in [6.45, 7) is 0.590. The summed E-state index contributed by atoms with van der Waals surface area (Å²) in [5, 5.41) is 18.3. The van der Waals surface area contributed by atoms with Crippen molar-refractivity contribution in [2.45, 2.75) is 23.8 Å². The van der Waals surface area contributed by atoms with Crippen molar-refractivity contribution < 1.29 is 18.6 Å². The van der Waals surface area contributed by atoms with Crippen molar-refractivity contribution in [3.05, 3.63) is 21.9 Å². The van der Waals surface area contributed by atoms with Gasteiger partial charge in [0.25, 0.3) is 0 Å². The van der Waals surface area contributed by atoms with E-state index in [1.807, 2.05) is 0 Å². The monoisotopic (exact) mass is 372 g/mol. The highest BCUT2D eigenvalue weighted by atomic mass is 79.9. The molecule has 1 aromatic heterocycles. The van der Waals surface area contributed by atoms with Gasteiger partial charge >= 0.3 is 0 Å². The Labute approximate surface area is 125 Å². The number of sulfonamides is 1. The third-order valence-corrected chi connectivity index (χ3v) is 5.13. The molecule has 108 valence electrons. The molecule has 1 aromatic rings. The Hall–Kier alpha value is -0.250. The third-order valence-electron chi connectivity index (χ3n) is 2.70. The molecule has 0 aromatic carbocycles. The van der Waals surface area contributed by atoms with Gasteiger partial charge in [0.1, 0.15) is 10.0 Å². The van der Waals surface area contributed by atoms with E-state index in [9.17, 15) is 18.6 Å². The minimum atomic E-state index is -4.00. The molecule has 0 amide bonds. The summed E-state index contributed by atoms with van der Waals surface area (Å²) in [6.07, 6.45) is 1.59.